The fourth-order valence-electron chi connectivity index (χ4n) is 3.44. The summed E-state index contributed by atoms with van der Waals surface area (Å²) in [5, 5.41) is 6.69. The summed E-state index contributed by atoms with van der Waals surface area (Å²) in [6.45, 7) is 4.72. The summed E-state index contributed by atoms with van der Waals surface area (Å²) in [6, 6.07) is 15.7. The molecule has 0 radical (unpaired) electrons. The van der Waals surface area contributed by atoms with Crippen LogP contribution < -0.4 is 5.32 Å². The summed E-state index contributed by atoms with van der Waals surface area (Å²) in [4.78, 5) is 21.5. The normalized spacial score (nSPS) is 15.3. The van der Waals surface area contributed by atoms with Crippen LogP contribution in [0.3, 0.4) is 0 Å². The molecule has 30 heavy (non-hydrogen) atoms. The number of carbonyl (C=O) groups is 1. The van der Waals surface area contributed by atoms with Crippen LogP contribution in [0.1, 0.15) is 5.56 Å². The van der Waals surface area contributed by atoms with Crippen LogP contribution in [0.4, 0.5) is 5.13 Å². The minimum Gasteiger partial charge on any atom is -0.301 e. The van der Waals surface area contributed by atoms with E-state index < -0.39 is 0 Å². The topological polar surface area (TPSA) is 48.5 Å². The maximum absolute atomic E-state index is 12.4. The van der Waals surface area contributed by atoms with Gasteiger partial charge in [-0.15, -0.1) is 11.3 Å². The number of hydrogen-bond acceptors (Lipinski definition) is 5. The lowest BCUT2D eigenvalue weighted by Crippen LogP contribution is -2.48. The van der Waals surface area contributed by atoms with Gasteiger partial charge in [-0.2, -0.15) is 0 Å². The van der Waals surface area contributed by atoms with Crippen molar-refractivity contribution in [1.29, 1.82) is 0 Å². The summed E-state index contributed by atoms with van der Waals surface area (Å²) < 4.78 is 0. The molecule has 1 aromatic heterocycles. The van der Waals surface area contributed by atoms with Crippen molar-refractivity contribution in [3.8, 4) is 11.3 Å². The molecule has 3 aromatic rings. The highest BCUT2D eigenvalue weighted by Crippen LogP contribution is 2.25. The van der Waals surface area contributed by atoms with Crippen molar-refractivity contribution < 1.29 is 4.79 Å². The number of aromatic nitrogens is 1. The first-order chi connectivity index (χ1) is 14.6. The number of thiazole rings is 1. The second-order valence-corrected chi connectivity index (χ2v) is 8.93. The van der Waals surface area contributed by atoms with Gasteiger partial charge in [0.05, 0.1) is 22.3 Å². The third kappa shape index (κ3) is 5.59. The molecule has 1 saturated heterocycles. The SMILES string of the molecule is O=C(CN1CCN(Cc2ccc(Cl)c(Cl)c2)CC1)Nc1nc(-c2ccccc2)cs1. The van der Waals surface area contributed by atoms with E-state index in [1.54, 1.807) is 0 Å². The predicted octanol–water partition coefficient (Wildman–Crippen LogP) is 4.87. The van der Waals surface area contributed by atoms with Crippen molar-refractivity contribution in [2.24, 2.45) is 0 Å². The zero-order valence-corrected chi connectivity index (χ0v) is 18.7. The average molecular weight is 461 g/mol. The number of nitrogens with zero attached hydrogens (tertiary/aromatic N) is 3. The molecule has 5 nitrogen and oxygen atoms in total. The molecule has 1 aliphatic heterocycles. The van der Waals surface area contributed by atoms with E-state index in [4.69, 9.17) is 23.2 Å². The van der Waals surface area contributed by atoms with Gasteiger partial charge in [0.25, 0.3) is 0 Å². The molecule has 0 aliphatic carbocycles. The van der Waals surface area contributed by atoms with Crippen LogP contribution in [0, 0.1) is 0 Å². The number of carbonyl (C=O) groups excluding carboxylic acids is 1. The fourth-order valence-corrected chi connectivity index (χ4v) is 4.49. The summed E-state index contributed by atoms with van der Waals surface area (Å²) in [6.07, 6.45) is 0. The summed E-state index contributed by atoms with van der Waals surface area (Å²) in [7, 11) is 0. The Morgan fingerprint density at radius 3 is 2.47 bits per heavy atom. The highest BCUT2D eigenvalue weighted by Gasteiger charge is 2.20. The second-order valence-electron chi connectivity index (χ2n) is 7.25. The van der Waals surface area contributed by atoms with E-state index in [9.17, 15) is 4.79 Å². The Balaban J connectivity index is 1.23. The third-order valence-corrected chi connectivity index (χ3v) is 6.54. The number of benzene rings is 2. The zero-order chi connectivity index (χ0) is 20.9. The van der Waals surface area contributed by atoms with Gasteiger partial charge in [0.1, 0.15) is 0 Å². The van der Waals surface area contributed by atoms with E-state index in [-0.39, 0.29) is 5.91 Å². The monoisotopic (exact) mass is 460 g/mol. The molecule has 1 fully saturated rings. The Labute approximate surface area is 190 Å². The lowest BCUT2D eigenvalue weighted by Gasteiger charge is -2.34. The first kappa shape index (κ1) is 21.3. The summed E-state index contributed by atoms with van der Waals surface area (Å²) in [5.74, 6) is -0.0260. The molecule has 0 saturated carbocycles. The van der Waals surface area contributed by atoms with Crippen LogP contribution in [0.5, 0.6) is 0 Å². The van der Waals surface area contributed by atoms with Gasteiger partial charge >= 0.3 is 0 Å². The molecule has 8 heteroatoms. The quantitative estimate of drug-likeness (QED) is 0.569. The van der Waals surface area contributed by atoms with Crippen LogP contribution in [0.2, 0.25) is 10.0 Å². The Hall–Kier alpha value is -1.96. The number of anilines is 1. The van der Waals surface area contributed by atoms with Gasteiger partial charge in [-0.05, 0) is 17.7 Å². The predicted molar refractivity (Wildman–Crippen MR) is 124 cm³/mol. The van der Waals surface area contributed by atoms with Crippen molar-refractivity contribution in [1.82, 2.24) is 14.8 Å². The van der Waals surface area contributed by atoms with Gasteiger partial charge in [0, 0.05) is 43.7 Å². The van der Waals surface area contributed by atoms with Crippen LogP contribution in [0.15, 0.2) is 53.9 Å². The Morgan fingerprint density at radius 2 is 1.73 bits per heavy atom. The van der Waals surface area contributed by atoms with E-state index in [0.717, 1.165) is 49.5 Å². The molecule has 0 bridgehead atoms. The number of hydrogen-bond donors (Lipinski definition) is 1. The van der Waals surface area contributed by atoms with E-state index in [0.29, 0.717) is 21.7 Å². The smallest absolute Gasteiger partial charge is 0.240 e. The van der Waals surface area contributed by atoms with Crippen molar-refractivity contribution in [3.63, 3.8) is 0 Å². The molecule has 1 amide bonds. The van der Waals surface area contributed by atoms with Gasteiger partial charge in [-0.1, -0.05) is 59.6 Å². The van der Waals surface area contributed by atoms with Crippen molar-refractivity contribution >= 4 is 45.6 Å². The molecule has 0 unspecified atom stereocenters. The molecule has 1 N–H and O–H groups in total. The first-order valence-electron chi connectivity index (χ1n) is 9.76. The Morgan fingerprint density at radius 1 is 1.00 bits per heavy atom. The summed E-state index contributed by atoms with van der Waals surface area (Å²) >= 11 is 13.5. The maximum atomic E-state index is 12.4. The van der Waals surface area contributed by atoms with Crippen LogP contribution in [-0.2, 0) is 11.3 Å². The van der Waals surface area contributed by atoms with Crippen LogP contribution in [0.25, 0.3) is 11.3 Å². The molecule has 2 aromatic carbocycles. The first-order valence-corrected chi connectivity index (χ1v) is 11.4. The lowest BCUT2D eigenvalue weighted by atomic mass is 10.2. The molecule has 1 aliphatic rings. The molecule has 4 rings (SSSR count). The lowest BCUT2D eigenvalue weighted by molar-refractivity contribution is -0.117. The Kier molecular flexibility index (Phi) is 7.02. The minimum absolute atomic E-state index is 0.0260. The van der Waals surface area contributed by atoms with E-state index in [1.807, 2.05) is 53.9 Å². The zero-order valence-electron chi connectivity index (χ0n) is 16.4. The highest BCUT2D eigenvalue weighted by atomic mass is 35.5. The van der Waals surface area contributed by atoms with E-state index in [1.165, 1.54) is 11.3 Å². The van der Waals surface area contributed by atoms with Gasteiger partial charge in [-0.3, -0.25) is 14.6 Å². The highest BCUT2D eigenvalue weighted by molar-refractivity contribution is 7.14. The number of rotatable bonds is 6. The average Bonchev–Trinajstić information content (AvgIpc) is 3.21. The van der Waals surface area contributed by atoms with Gasteiger partial charge in [0.2, 0.25) is 5.91 Å². The fraction of sp³-hybridized carbons (Fsp3) is 0.273. The maximum Gasteiger partial charge on any atom is 0.240 e. The van der Waals surface area contributed by atoms with E-state index in [2.05, 4.69) is 20.1 Å². The van der Waals surface area contributed by atoms with Crippen molar-refractivity contribution in [3.05, 3.63) is 69.5 Å². The van der Waals surface area contributed by atoms with Crippen molar-refractivity contribution in [2.45, 2.75) is 6.54 Å². The molecular formula is C22H22Cl2N4OS. The second kappa shape index (κ2) is 9.90. The standard InChI is InChI=1S/C22H22Cl2N4OS/c23-18-7-6-16(12-19(18)24)13-27-8-10-28(11-9-27)14-21(29)26-22-25-20(15-30-22)17-4-2-1-3-5-17/h1-7,12,15H,8-11,13-14H2,(H,25,26,29). The largest absolute Gasteiger partial charge is 0.301 e. The van der Waals surface area contributed by atoms with Crippen LogP contribution >= 0.6 is 34.5 Å². The van der Waals surface area contributed by atoms with Crippen LogP contribution in [-0.4, -0.2) is 53.4 Å². The third-order valence-electron chi connectivity index (χ3n) is 5.04. The molecule has 156 valence electrons. The number of piperazine rings is 1. The Bertz CT molecular complexity index is 1000. The molecule has 0 spiro atoms. The van der Waals surface area contributed by atoms with Crippen molar-refractivity contribution in [2.75, 3.05) is 38.0 Å². The molecule has 0 atom stereocenters. The minimum atomic E-state index is -0.0260. The molecular weight excluding hydrogens is 439 g/mol. The summed E-state index contributed by atoms with van der Waals surface area (Å²) in [5.41, 5.74) is 3.08. The van der Waals surface area contributed by atoms with Gasteiger partial charge in [0.15, 0.2) is 5.13 Å². The number of amides is 1. The van der Waals surface area contributed by atoms with E-state index >= 15 is 0 Å². The van der Waals surface area contributed by atoms with Gasteiger partial charge < -0.3 is 5.32 Å². The number of nitrogens with one attached hydrogen (secondary N) is 1. The van der Waals surface area contributed by atoms with Gasteiger partial charge in [-0.25, -0.2) is 4.98 Å². The number of halogens is 2. The molecule has 2 heterocycles.